The van der Waals surface area contributed by atoms with Gasteiger partial charge in [0.05, 0.1) is 23.9 Å². The van der Waals surface area contributed by atoms with Gasteiger partial charge in [-0.05, 0) is 31.4 Å². The van der Waals surface area contributed by atoms with Gasteiger partial charge in [-0.2, -0.15) is 0 Å². The summed E-state index contributed by atoms with van der Waals surface area (Å²) >= 11 is 0. The van der Waals surface area contributed by atoms with Gasteiger partial charge < -0.3 is 10.1 Å². The van der Waals surface area contributed by atoms with Crippen LogP contribution in [0.1, 0.15) is 55.5 Å². The van der Waals surface area contributed by atoms with Crippen molar-refractivity contribution in [3.8, 4) is 0 Å². The molecule has 2 heterocycles. The summed E-state index contributed by atoms with van der Waals surface area (Å²) in [4.78, 5) is 28.8. The molecule has 1 aliphatic heterocycles. The molecule has 0 spiro atoms. The van der Waals surface area contributed by atoms with E-state index in [1.807, 2.05) is 39.8 Å². The van der Waals surface area contributed by atoms with Crippen LogP contribution < -0.4 is 10.6 Å². The van der Waals surface area contributed by atoms with E-state index in [0.29, 0.717) is 11.3 Å². The minimum absolute atomic E-state index is 0.0939. The number of esters is 1. The zero-order valence-corrected chi connectivity index (χ0v) is 14.1. The third-order valence-electron chi connectivity index (χ3n) is 4.32. The molecule has 0 radical (unpaired) electrons. The van der Waals surface area contributed by atoms with Crippen molar-refractivity contribution < 1.29 is 14.3 Å². The van der Waals surface area contributed by atoms with Crippen LogP contribution in [0.15, 0.2) is 18.3 Å². The highest BCUT2D eigenvalue weighted by Crippen LogP contribution is 2.29. The van der Waals surface area contributed by atoms with Crippen LogP contribution in [-0.2, 0) is 9.53 Å². The average Bonchev–Trinajstić information content (AvgIpc) is 2.83. The van der Waals surface area contributed by atoms with Crippen molar-refractivity contribution in [1.82, 2.24) is 15.6 Å². The molecule has 1 amide bonds. The summed E-state index contributed by atoms with van der Waals surface area (Å²) in [7, 11) is 1.33. The maximum absolute atomic E-state index is 12.3. The first-order valence-electron chi connectivity index (χ1n) is 7.63. The Morgan fingerprint density at radius 1 is 1.48 bits per heavy atom. The summed E-state index contributed by atoms with van der Waals surface area (Å²) in [5.74, 6) is -0.489. The molecular formula is C17H23N3O3. The van der Waals surface area contributed by atoms with E-state index in [0.717, 1.165) is 5.56 Å². The van der Waals surface area contributed by atoms with Gasteiger partial charge in [0.25, 0.3) is 0 Å². The Balaban J connectivity index is 2.44. The lowest BCUT2D eigenvalue weighted by Gasteiger charge is -2.26. The van der Waals surface area contributed by atoms with Gasteiger partial charge in [-0.3, -0.25) is 15.1 Å². The van der Waals surface area contributed by atoms with Crippen LogP contribution in [0.5, 0.6) is 0 Å². The molecule has 1 aliphatic rings. The van der Waals surface area contributed by atoms with Crippen molar-refractivity contribution in [2.45, 2.75) is 39.4 Å². The van der Waals surface area contributed by atoms with E-state index in [1.165, 1.54) is 7.11 Å². The van der Waals surface area contributed by atoms with Crippen LogP contribution in [0.4, 0.5) is 0 Å². The largest absolute Gasteiger partial charge is 0.465 e. The molecule has 0 aromatic carbocycles. The van der Waals surface area contributed by atoms with Crippen molar-refractivity contribution in [2.24, 2.45) is 5.92 Å². The molecule has 1 saturated heterocycles. The highest BCUT2D eigenvalue weighted by Gasteiger charge is 2.46. The number of methoxy groups -OCH3 is 1. The first-order valence-corrected chi connectivity index (χ1v) is 7.63. The van der Waals surface area contributed by atoms with Crippen molar-refractivity contribution in [3.63, 3.8) is 0 Å². The van der Waals surface area contributed by atoms with Crippen LogP contribution in [0.2, 0.25) is 0 Å². The molecule has 0 saturated carbocycles. The lowest BCUT2D eigenvalue weighted by Crippen LogP contribution is -2.48. The van der Waals surface area contributed by atoms with Gasteiger partial charge in [-0.15, -0.1) is 0 Å². The Labute approximate surface area is 136 Å². The first kappa shape index (κ1) is 17.1. The van der Waals surface area contributed by atoms with Gasteiger partial charge in [0.1, 0.15) is 6.17 Å². The van der Waals surface area contributed by atoms with Gasteiger partial charge in [0.15, 0.2) is 0 Å². The topological polar surface area (TPSA) is 80.3 Å². The fraction of sp³-hybridized carbons (Fsp3) is 0.471. The molecule has 6 heteroatoms. The SMILES string of the molecule is CC=Cc1cnc(C2NC(=O)C(C)(C(C)C)N2)c(C(=O)OC)c1. The average molecular weight is 317 g/mol. The van der Waals surface area contributed by atoms with E-state index in [9.17, 15) is 9.59 Å². The molecule has 1 aromatic heterocycles. The second-order valence-corrected chi connectivity index (χ2v) is 6.10. The van der Waals surface area contributed by atoms with Crippen LogP contribution in [0.3, 0.4) is 0 Å². The zero-order valence-electron chi connectivity index (χ0n) is 14.1. The van der Waals surface area contributed by atoms with E-state index in [2.05, 4.69) is 15.6 Å². The van der Waals surface area contributed by atoms with Crippen LogP contribution in [-0.4, -0.2) is 29.5 Å². The second kappa shape index (κ2) is 6.50. The quantitative estimate of drug-likeness (QED) is 0.831. The third-order valence-corrected chi connectivity index (χ3v) is 4.32. The van der Waals surface area contributed by atoms with E-state index in [-0.39, 0.29) is 11.8 Å². The van der Waals surface area contributed by atoms with Gasteiger partial charge in [-0.1, -0.05) is 26.0 Å². The van der Waals surface area contributed by atoms with Crippen molar-refractivity contribution in [3.05, 3.63) is 35.2 Å². The molecule has 2 N–H and O–H groups in total. The van der Waals surface area contributed by atoms with Crippen LogP contribution in [0, 0.1) is 5.92 Å². The number of nitrogens with one attached hydrogen (secondary N) is 2. The molecule has 0 aliphatic carbocycles. The fourth-order valence-corrected chi connectivity index (χ4v) is 2.53. The van der Waals surface area contributed by atoms with E-state index in [1.54, 1.807) is 12.3 Å². The zero-order chi connectivity index (χ0) is 17.2. The molecular weight excluding hydrogens is 294 g/mol. The minimum Gasteiger partial charge on any atom is -0.465 e. The predicted octanol–water partition coefficient (Wildman–Crippen LogP) is 2.03. The molecule has 124 valence electrons. The van der Waals surface area contributed by atoms with E-state index >= 15 is 0 Å². The number of hydrogen-bond donors (Lipinski definition) is 2. The number of nitrogens with zero attached hydrogens (tertiary/aromatic N) is 1. The number of amides is 1. The van der Waals surface area contributed by atoms with Crippen molar-refractivity contribution in [2.75, 3.05) is 7.11 Å². The summed E-state index contributed by atoms with van der Waals surface area (Å²) in [6.07, 6.45) is 4.86. The highest BCUT2D eigenvalue weighted by atomic mass is 16.5. The standard InChI is InChI=1S/C17H23N3O3/c1-6-7-11-8-12(15(21)23-5)13(18-9-11)14-19-16(22)17(4,20-14)10(2)3/h6-10,14,20H,1-5H3,(H,19,22). The van der Waals surface area contributed by atoms with Gasteiger partial charge in [-0.25, -0.2) is 4.79 Å². The lowest BCUT2D eigenvalue weighted by molar-refractivity contribution is -0.125. The summed E-state index contributed by atoms with van der Waals surface area (Å²) < 4.78 is 4.85. The summed E-state index contributed by atoms with van der Waals surface area (Å²) in [5, 5.41) is 6.13. The lowest BCUT2D eigenvalue weighted by atomic mass is 9.89. The predicted molar refractivity (Wildman–Crippen MR) is 87.5 cm³/mol. The Bertz CT molecular complexity index is 654. The van der Waals surface area contributed by atoms with Gasteiger partial charge >= 0.3 is 5.97 Å². The molecule has 0 bridgehead atoms. The Morgan fingerprint density at radius 2 is 2.17 bits per heavy atom. The molecule has 1 fully saturated rings. The number of rotatable bonds is 4. The smallest absolute Gasteiger partial charge is 0.339 e. The van der Waals surface area contributed by atoms with Crippen LogP contribution >= 0.6 is 0 Å². The fourth-order valence-electron chi connectivity index (χ4n) is 2.53. The molecule has 1 aromatic rings. The maximum Gasteiger partial charge on any atom is 0.339 e. The number of carbonyl (C=O) groups is 2. The number of pyridine rings is 1. The molecule has 2 atom stereocenters. The van der Waals surface area contributed by atoms with Crippen molar-refractivity contribution in [1.29, 1.82) is 0 Å². The number of carbonyl (C=O) groups excluding carboxylic acids is 2. The summed E-state index contributed by atoms with van der Waals surface area (Å²) in [5.41, 5.74) is 0.895. The van der Waals surface area contributed by atoms with E-state index < -0.39 is 17.7 Å². The minimum atomic E-state index is -0.707. The van der Waals surface area contributed by atoms with Crippen LogP contribution in [0.25, 0.3) is 6.08 Å². The summed E-state index contributed by atoms with van der Waals surface area (Å²) in [6, 6.07) is 1.72. The Kier molecular flexibility index (Phi) is 4.85. The van der Waals surface area contributed by atoms with Gasteiger partial charge in [0, 0.05) is 6.20 Å². The van der Waals surface area contributed by atoms with Gasteiger partial charge in [0.2, 0.25) is 5.91 Å². The number of aromatic nitrogens is 1. The molecule has 6 nitrogen and oxygen atoms in total. The Morgan fingerprint density at radius 3 is 2.70 bits per heavy atom. The number of ether oxygens (including phenoxy) is 1. The first-order chi connectivity index (χ1) is 10.8. The van der Waals surface area contributed by atoms with Crippen molar-refractivity contribution >= 4 is 18.0 Å². The number of allylic oxidation sites excluding steroid dienone is 1. The van der Waals surface area contributed by atoms with E-state index in [4.69, 9.17) is 4.74 Å². The summed E-state index contributed by atoms with van der Waals surface area (Å²) in [6.45, 7) is 7.68. The number of hydrogen-bond acceptors (Lipinski definition) is 5. The Hall–Kier alpha value is -2.21. The monoisotopic (exact) mass is 317 g/mol. The highest BCUT2D eigenvalue weighted by molar-refractivity contribution is 5.93. The molecule has 2 rings (SSSR count). The second-order valence-electron chi connectivity index (χ2n) is 6.10. The maximum atomic E-state index is 12.3. The molecule has 23 heavy (non-hydrogen) atoms. The third kappa shape index (κ3) is 3.12. The normalized spacial score (nSPS) is 24.3. The molecule has 2 unspecified atom stereocenters.